The van der Waals surface area contributed by atoms with Crippen LogP contribution in [0.25, 0.3) is 0 Å². The summed E-state index contributed by atoms with van der Waals surface area (Å²) in [6.07, 6.45) is 0. The number of hydrogen-bond acceptors (Lipinski definition) is 2. The second-order valence-corrected chi connectivity index (χ2v) is 5.32. The van der Waals surface area contributed by atoms with Crippen LogP contribution < -0.4 is 5.32 Å². The molecule has 0 radical (unpaired) electrons. The third-order valence-electron chi connectivity index (χ3n) is 3.10. The number of aliphatic imine (C=N–C) groups is 1. The highest BCUT2D eigenvalue weighted by atomic mass is 127. The van der Waals surface area contributed by atoms with Gasteiger partial charge < -0.3 is 15.3 Å². The smallest absolute Gasteiger partial charge is 0.193 e. The zero-order valence-corrected chi connectivity index (χ0v) is 15.8. The predicted octanol–water partition coefficient (Wildman–Crippen LogP) is 2.64. The Bertz CT molecular complexity index is 420. The van der Waals surface area contributed by atoms with Gasteiger partial charge in [-0.1, -0.05) is 36.8 Å². The summed E-state index contributed by atoms with van der Waals surface area (Å²) in [6, 6.07) is 8.54. The molecule has 0 amide bonds. The molecule has 0 fully saturated rings. The Hall–Kier alpha value is -0.820. The molecule has 0 aliphatic carbocycles. The third kappa shape index (κ3) is 7.66. The number of nitrogens with zero attached hydrogens (tertiary/aromatic N) is 2. The lowest BCUT2D eigenvalue weighted by Gasteiger charge is -2.22. The summed E-state index contributed by atoms with van der Waals surface area (Å²) in [5, 5.41) is 12.4. The quantitative estimate of drug-likeness (QED) is 0.435. The molecule has 1 aromatic rings. The van der Waals surface area contributed by atoms with Crippen LogP contribution in [0, 0.1) is 12.8 Å². The van der Waals surface area contributed by atoms with Gasteiger partial charge in [0, 0.05) is 33.3 Å². The summed E-state index contributed by atoms with van der Waals surface area (Å²) in [5.74, 6) is 1.07. The van der Waals surface area contributed by atoms with E-state index in [1.165, 1.54) is 11.1 Å². The van der Waals surface area contributed by atoms with Crippen molar-refractivity contribution in [1.29, 1.82) is 0 Å². The molecule has 0 saturated carbocycles. The van der Waals surface area contributed by atoms with Crippen molar-refractivity contribution in [3.63, 3.8) is 0 Å². The van der Waals surface area contributed by atoms with Crippen molar-refractivity contribution in [2.24, 2.45) is 10.9 Å². The average molecular weight is 405 g/mol. The first-order valence-corrected chi connectivity index (χ1v) is 7.22. The Morgan fingerprint density at radius 3 is 2.48 bits per heavy atom. The molecule has 120 valence electrons. The van der Waals surface area contributed by atoms with E-state index < -0.39 is 0 Å². The maximum absolute atomic E-state index is 9.07. The van der Waals surface area contributed by atoms with Gasteiger partial charge in [-0.25, -0.2) is 0 Å². The molecular weight excluding hydrogens is 377 g/mol. The molecule has 0 heterocycles. The van der Waals surface area contributed by atoms with Crippen LogP contribution in [0.1, 0.15) is 25.0 Å². The number of aliphatic hydroxyl groups excluding tert-OH is 1. The number of aryl methyl sites for hydroxylation is 1. The van der Waals surface area contributed by atoms with E-state index in [4.69, 9.17) is 5.11 Å². The molecule has 2 N–H and O–H groups in total. The summed E-state index contributed by atoms with van der Waals surface area (Å²) in [5.41, 5.74) is 2.53. The Balaban J connectivity index is 0.00000400. The number of benzene rings is 1. The van der Waals surface area contributed by atoms with Gasteiger partial charge in [0.2, 0.25) is 0 Å². The standard InChI is InChI=1S/C16H27N3O.HI/c1-5-17-16(18-10-14(3)12-20)19(4)11-15-8-6-13(2)7-9-15;/h6-9,14,20H,5,10-12H2,1-4H3,(H,17,18);1H. The molecular formula is C16H28IN3O. The zero-order chi connectivity index (χ0) is 15.0. The number of halogens is 1. The van der Waals surface area contributed by atoms with E-state index in [1.54, 1.807) is 0 Å². The first kappa shape index (κ1) is 20.2. The van der Waals surface area contributed by atoms with Gasteiger partial charge in [0.25, 0.3) is 0 Å². The fourth-order valence-corrected chi connectivity index (χ4v) is 1.81. The topological polar surface area (TPSA) is 47.9 Å². The van der Waals surface area contributed by atoms with Crippen LogP contribution in [-0.2, 0) is 6.54 Å². The number of rotatable bonds is 6. The molecule has 0 aromatic heterocycles. The minimum Gasteiger partial charge on any atom is -0.396 e. The SMILES string of the molecule is CCNC(=NCC(C)CO)N(C)Cc1ccc(C)cc1.I. The normalized spacial score (nSPS) is 12.5. The van der Waals surface area contributed by atoms with Crippen LogP contribution >= 0.6 is 24.0 Å². The molecule has 1 atom stereocenters. The zero-order valence-electron chi connectivity index (χ0n) is 13.5. The molecule has 0 aliphatic rings. The highest BCUT2D eigenvalue weighted by molar-refractivity contribution is 14.0. The molecule has 0 spiro atoms. The van der Waals surface area contributed by atoms with Crippen LogP contribution in [0.3, 0.4) is 0 Å². The van der Waals surface area contributed by atoms with E-state index in [-0.39, 0.29) is 36.5 Å². The lowest BCUT2D eigenvalue weighted by molar-refractivity contribution is 0.241. The van der Waals surface area contributed by atoms with E-state index in [1.807, 2.05) is 14.0 Å². The summed E-state index contributed by atoms with van der Waals surface area (Å²) in [7, 11) is 2.03. The van der Waals surface area contributed by atoms with Crippen LogP contribution in [-0.4, -0.2) is 42.7 Å². The summed E-state index contributed by atoms with van der Waals surface area (Å²) >= 11 is 0. The van der Waals surface area contributed by atoms with Crippen molar-refractivity contribution in [1.82, 2.24) is 10.2 Å². The second kappa shape index (κ2) is 10.8. The largest absolute Gasteiger partial charge is 0.396 e. The van der Waals surface area contributed by atoms with Crippen molar-refractivity contribution < 1.29 is 5.11 Å². The molecule has 4 nitrogen and oxygen atoms in total. The van der Waals surface area contributed by atoms with Gasteiger partial charge in [0.1, 0.15) is 0 Å². The first-order valence-electron chi connectivity index (χ1n) is 7.22. The number of aliphatic hydroxyl groups is 1. The van der Waals surface area contributed by atoms with Crippen molar-refractivity contribution in [2.45, 2.75) is 27.3 Å². The lowest BCUT2D eigenvalue weighted by atomic mass is 10.1. The molecule has 21 heavy (non-hydrogen) atoms. The highest BCUT2D eigenvalue weighted by Crippen LogP contribution is 2.06. The van der Waals surface area contributed by atoms with E-state index in [9.17, 15) is 0 Å². The van der Waals surface area contributed by atoms with Gasteiger partial charge >= 0.3 is 0 Å². The molecule has 1 unspecified atom stereocenters. The summed E-state index contributed by atoms with van der Waals surface area (Å²) < 4.78 is 0. The Kier molecular flexibility index (Phi) is 10.4. The Labute approximate surface area is 145 Å². The van der Waals surface area contributed by atoms with Crippen molar-refractivity contribution in [2.75, 3.05) is 26.7 Å². The van der Waals surface area contributed by atoms with Gasteiger partial charge in [-0.3, -0.25) is 4.99 Å². The molecule has 1 rings (SSSR count). The molecule has 0 bridgehead atoms. The van der Waals surface area contributed by atoms with E-state index in [2.05, 4.69) is 53.3 Å². The predicted molar refractivity (Wildman–Crippen MR) is 100 cm³/mol. The summed E-state index contributed by atoms with van der Waals surface area (Å²) in [4.78, 5) is 6.68. The Morgan fingerprint density at radius 2 is 1.95 bits per heavy atom. The molecule has 0 saturated heterocycles. The fourth-order valence-electron chi connectivity index (χ4n) is 1.81. The molecule has 1 aromatic carbocycles. The van der Waals surface area contributed by atoms with Gasteiger partial charge in [-0.15, -0.1) is 24.0 Å². The van der Waals surface area contributed by atoms with Crippen molar-refractivity contribution in [3.05, 3.63) is 35.4 Å². The van der Waals surface area contributed by atoms with E-state index >= 15 is 0 Å². The lowest BCUT2D eigenvalue weighted by Crippen LogP contribution is -2.38. The van der Waals surface area contributed by atoms with Crippen LogP contribution in [0.4, 0.5) is 0 Å². The Morgan fingerprint density at radius 1 is 1.33 bits per heavy atom. The van der Waals surface area contributed by atoms with Crippen LogP contribution in [0.15, 0.2) is 29.3 Å². The highest BCUT2D eigenvalue weighted by Gasteiger charge is 2.07. The number of guanidine groups is 1. The van der Waals surface area contributed by atoms with Crippen molar-refractivity contribution in [3.8, 4) is 0 Å². The summed E-state index contributed by atoms with van der Waals surface area (Å²) in [6.45, 7) is 8.61. The van der Waals surface area contributed by atoms with Crippen molar-refractivity contribution >= 4 is 29.9 Å². The van der Waals surface area contributed by atoms with Gasteiger partial charge in [0.05, 0.1) is 0 Å². The van der Waals surface area contributed by atoms with E-state index in [0.29, 0.717) is 6.54 Å². The van der Waals surface area contributed by atoms with Crippen LogP contribution in [0.2, 0.25) is 0 Å². The minimum atomic E-state index is 0. The van der Waals surface area contributed by atoms with Gasteiger partial charge in [0.15, 0.2) is 5.96 Å². The number of hydrogen-bond donors (Lipinski definition) is 2. The second-order valence-electron chi connectivity index (χ2n) is 5.32. The maximum atomic E-state index is 9.07. The average Bonchev–Trinajstić information content (AvgIpc) is 2.45. The van der Waals surface area contributed by atoms with Crippen LogP contribution in [0.5, 0.6) is 0 Å². The number of nitrogens with one attached hydrogen (secondary N) is 1. The molecule has 0 aliphatic heterocycles. The molecule has 5 heteroatoms. The maximum Gasteiger partial charge on any atom is 0.193 e. The monoisotopic (exact) mass is 405 g/mol. The first-order chi connectivity index (χ1) is 9.56. The van der Waals surface area contributed by atoms with Gasteiger partial charge in [-0.2, -0.15) is 0 Å². The van der Waals surface area contributed by atoms with Gasteiger partial charge in [-0.05, 0) is 25.3 Å². The third-order valence-corrected chi connectivity index (χ3v) is 3.10. The minimum absolute atomic E-state index is 0. The fraction of sp³-hybridized carbons (Fsp3) is 0.562. The van der Waals surface area contributed by atoms with E-state index in [0.717, 1.165) is 19.0 Å².